The fourth-order valence-corrected chi connectivity index (χ4v) is 2.94. The van der Waals surface area contributed by atoms with Crippen molar-refractivity contribution in [2.45, 2.75) is 32.6 Å². The normalized spacial score (nSPS) is 11.4. The third kappa shape index (κ3) is 8.04. The van der Waals surface area contributed by atoms with Gasteiger partial charge in [0.1, 0.15) is 0 Å². The Kier molecular flexibility index (Phi) is 10.7. The summed E-state index contributed by atoms with van der Waals surface area (Å²) in [5, 5.41) is 9.36. The fraction of sp³-hybridized carbons (Fsp3) is 0.391. The number of carbonyl (C=O) groups is 1. The van der Waals surface area contributed by atoms with E-state index >= 15 is 0 Å². The van der Waals surface area contributed by atoms with Crippen molar-refractivity contribution >= 4 is 35.8 Å². The molecule has 0 aliphatic carbocycles. The Morgan fingerprint density at radius 2 is 1.76 bits per heavy atom. The maximum Gasteiger partial charge on any atom is 0.251 e. The molecule has 3 N–H and O–H groups in total. The van der Waals surface area contributed by atoms with Crippen LogP contribution in [0.3, 0.4) is 0 Å². The molecule has 158 valence electrons. The molecule has 0 heterocycles. The van der Waals surface area contributed by atoms with Gasteiger partial charge in [0.05, 0.1) is 6.54 Å². The number of amides is 1. The largest absolute Gasteiger partial charge is 0.357 e. The Bertz CT molecular complexity index is 790. The van der Waals surface area contributed by atoms with E-state index in [1.165, 1.54) is 5.56 Å². The molecule has 0 spiro atoms. The summed E-state index contributed by atoms with van der Waals surface area (Å²) >= 11 is 0. The topological polar surface area (TPSA) is 65.5 Å². The van der Waals surface area contributed by atoms with Gasteiger partial charge in [0.2, 0.25) is 0 Å². The number of guanidine groups is 1. The van der Waals surface area contributed by atoms with Crippen LogP contribution in [0.1, 0.15) is 42.3 Å². The number of hydrogen-bond acceptors (Lipinski definition) is 2. The summed E-state index contributed by atoms with van der Waals surface area (Å²) < 4.78 is 0. The number of halogens is 1. The Hall–Kier alpha value is -2.09. The number of aliphatic imine (C=N–C) groups is 1. The Morgan fingerprint density at radius 1 is 1.03 bits per heavy atom. The van der Waals surface area contributed by atoms with Crippen LogP contribution in [0, 0.1) is 0 Å². The van der Waals surface area contributed by atoms with Crippen LogP contribution in [-0.2, 0) is 11.8 Å². The molecule has 2 rings (SSSR count). The first-order valence-electron chi connectivity index (χ1n) is 9.85. The number of rotatable bonds is 8. The summed E-state index contributed by atoms with van der Waals surface area (Å²) in [6.07, 6.45) is 0.817. The second-order valence-corrected chi connectivity index (χ2v) is 7.40. The van der Waals surface area contributed by atoms with Crippen molar-refractivity contribution in [1.29, 1.82) is 0 Å². The minimum absolute atomic E-state index is 0. The highest BCUT2D eigenvalue weighted by atomic mass is 127. The van der Waals surface area contributed by atoms with Gasteiger partial charge in [0.25, 0.3) is 5.91 Å². The molecule has 29 heavy (non-hydrogen) atoms. The van der Waals surface area contributed by atoms with E-state index in [0.29, 0.717) is 12.1 Å². The third-order valence-corrected chi connectivity index (χ3v) is 4.65. The zero-order chi connectivity index (χ0) is 20.4. The summed E-state index contributed by atoms with van der Waals surface area (Å²) in [6.45, 7) is 8.72. The summed E-state index contributed by atoms with van der Waals surface area (Å²) in [5.41, 5.74) is 3.05. The SMILES string of the molecule is CCNC(=NCC(C)(C)c1ccccc1)NCCc1cccc(C(=O)NC)c1.I. The van der Waals surface area contributed by atoms with Gasteiger partial charge in [-0.25, -0.2) is 0 Å². The second kappa shape index (κ2) is 12.5. The molecule has 0 unspecified atom stereocenters. The molecule has 0 fully saturated rings. The highest BCUT2D eigenvalue weighted by molar-refractivity contribution is 14.0. The molecular weight excluding hydrogens is 475 g/mol. The molecule has 0 saturated carbocycles. The van der Waals surface area contributed by atoms with Crippen LogP contribution in [0.2, 0.25) is 0 Å². The molecule has 0 aromatic heterocycles. The van der Waals surface area contributed by atoms with E-state index in [-0.39, 0.29) is 35.3 Å². The van der Waals surface area contributed by atoms with Crippen LogP contribution >= 0.6 is 24.0 Å². The number of nitrogens with zero attached hydrogens (tertiary/aromatic N) is 1. The standard InChI is InChI=1S/C23H32N4O.HI/c1-5-25-22(27-17-23(2,3)20-12-7-6-8-13-20)26-15-14-18-10-9-11-19(16-18)21(28)24-4;/h6-13,16H,5,14-15,17H2,1-4H3,(H,24,28)(H2,25,26,27);1H. The summed E-state index contributed by atoms with van der Waals surface area (Å²) in [6, 6.07) is 18.2. The third-order valence-electron chi connectivity index (χ3n) is 4.65. The lowest BCUT2D eigenvalue weighted by molar-refractivity contribution is 0.0963. The van der Waals surface area contributed by atoms with Crippen molar-refractivity contribution in [3.63, 3.8) is 0 Å². The van der Waals surface area contributed by atoms with E-state index in [9.17, 15) is 4.79 Å². The van der Waals surface area contributed by atoms with Crippen molar-refractivity contribution < 1.29 is 4.79 Å². The summed E-state index contributed by atoms with van der Waals surface area (Å²) in [4.78, 5) is 16.6. The number of carbonyl (C=O) groups excluding carboxylic acids is 1. The minimum atomic E-state index is -0.0622. The molecule has 0 aliphatic heterocycles. The molecule has 6 heteroatoms. The van der Waals surface area contributed by atoms with Crippen molar-refractivity contribution in [1.82, 2.24) is 16.0 Å². The van der Waals surface area contributed by atoms with Gasteiger partial charge >= 0.3 is 0 Å². The lowest BCUT2D eigenvalue weighted by Gasteiger charge is -2.24. The van der Waals surface area contributed by atoms with Gasteiger partial charge < -0.3 is 16.0 Å². The van der Waals surface area contributed by atoms with Crippen molar-refractivity contribution in [3.05, 3.63) is 71.3 Å². The first kappa shape index (κ1) is 24.9. The van der Waals surface area contributed by atoms with Crippen molar-refractivity contribution in [3.8, 4) is 0 Å². The van der Waals surface area contributed by atoms with E-state index in [2.05, 4.69) is 61.0 Å². The van der Waals surface area contributed by atoms with Gasteiger partial charge in [-0.05, 0) is 36.6 Å². The maximum atomic E-state index is 11.8. The number of benzene rings is 2. The quantitative estimate of drug-likeness (QED) is 0.289. The minimum Gasteiger partial charge on any atom is -0.357 e. The van der Waals surface area contributed by atoms with Gasteiger partial charge in [-0.1, -0.05) is 56.3 Å². The Balaban J connectivity index is 0.00000420. The van der Waals surface area contributed by atoms with Gasteiger partial charge in [-0.2, -0.15) is 0 Å². The zero-order valence-corrected chi connectivity index (χ0v) is 20.1. The number of hydrogen-bond donors (Lipinski definition) is 3. The smallest absolute Gasteiger partial charge is 0.251 e. The van der Waals surface area contributed by atoms with Crippen LogP contribution < -0.4 is 16.0 Å². The van der Waals surface area contributed by atoms with Crippen LogP contribution in [0.25, 0.3) is 0 Å². The average Bonchev–Trinajstić information content (AvgIpc) is 2.72. The zero-order valence-electron chi connectivity index (χ0n) is 17.8. The molecule has 1 amide bonds. The second-order valence-electron chi connectivity index (χ2n) is 7.40. The maximum absolute atomic E-state index is 11.8. The monoisotopic (exact) mass is 508 g/mol. The predicted octanol–water partition coefficient (Wildman–Crippen LogP) is 3.74. The molecular formula is C23H33IN4O. The molecule has 2 aromatic rings. The lowest BCUT2D eigenvalue weighted by Crippen LogP contribution is -2.39. The van der Waals surface area contributed by atoms with Gasteiger partial charge in [0, 0.05) is 31.1 Å². The molecule has 0 radical (unpaired) electrons. The van der Waals surface area contributed by atoms with E-state index in [4.69, 9.17) is 4.99 Å². The molecule has 0 bridgehead atoms. The van der Waals surface area contributed by atoms with Gasteiger partial charge in [0.15, 0.2) is 5.96 Å². The fourth-order valence-electron chi connectivity index (χ4n) is 2.94. The average molecular weight is 508 g/mol. The van der Waals surface area contributed by atoms with E-state index in [0.717, 1.165) is 31.0 Å². The summed E-state index contributed by atoms with van der Waals surface area (Å²) in [7, 11) is 1.65. The van der Waals surface area contributed by atoms with E-state index in [1.54, 1.807) is 7.05 Å². The van der Waals surface area contributed by atoms with Crippen molar-refractivity contribution in [2.24, 2.45) is 4.99 Å². The Morgan fingerprint density at radius 3 is 2.41 bits per heavy atom. The van der Waals surface area contributed by atoms with E-state index in [1.807, 2.05) is 30.3 Å². The molecule has 0 aliphatic rings. The van der Waals surface area contributed by atoms with Crippen LogP contribution in [0.5, 0.6) is 0 Å². The van der Waals surface area contributed by atoms with Crippen LogP contribution in [0.4, 0.5) is 0 Å². The molecule has 0 atom stereocenters. The van der Waals surface area contributed by atoms with Gasteiger partial charge in [-0.15, -0.1) is 24.0 Å². The lowest BCUT2D eigenvalue weighted by atomic mass is 9.85. The molecule has 5 nitrogen and oxygen atoms in total. The Labute approximate surface area is 191 Å². The van der Waals surface area contributed by atoms with E-state index < -0.39 is 0 Å². The first-order chi connectivity index (χ1) is 13.5. The highest BCUT2D eigenvalue weighted by Crippen LogP contribution is 2.22. The molecule has 0 saturated heterocycles. The highest BCUT2D eigenvalue weighted by Gasteiger charge is 2.20. The number of nitrogens with one attached hydrogen (secondary N) is 3. The summed E-state index contributed by atoms with van der Waals surface area (Å²) in [5.74, 6) is 0.752. The first-order valence-corrected chi connectivity index (χ1v) is 9.85. The van der Waals surface area contributed by atoms with Crippen molar-refractivity contribution in [2.75, 3.05) is 26.7 Å². The van der Waals surface area contributed by atoms with Crippen LogP contribution in [-0.4, -0.2) is 38.5 Å². The predicted molar refractivity (Wildman–Crippen MR) is 132 cm³/mol. The van der Waals surface area contributed by atoms with Gasteiger partial charge in [-0.3, -0.25) is 9.79 Å². The molecule has 2 aromatic carbocycles. The van der Waals surface area contributed by atoms with Crippen LogP contribution in [0.15, 0.2) is 59.6 Å².